The maximum absolute atomic E-state index is 12.1. The molecule has 8 atom stereocenters. The van der Waals surface area contributed by atoms with Crippen molar-refractivity contribution in [2.75, 3.05) is 13.2 Å². The smallest absolute Gasteiger partial charge is 0.330 e. The lowest BCUT2D eigenvalue weighted by atomic mass is 9.82. The summed E-state index contributed by atoms with van der Waals surface area (Å²) in [6.07, 6.45) is 2.29. The van der Waals surface area contributed by atoms with Gasteiger partial charge in [-0.2, -0.15) is 0 Å². The molecule has 0 aromatic heterocycles. The van der Waals surface area contributed by atoms with Gasteiger partial charge in [0.2, 0.25) is 0 Å². The number of carbonyl (C=O) groups excluding carboxylic acids is 1. The van der Waals surface area contributed by atoms with Gasteiger partial charge in [-0.3, -0.25) is 4.79 Å². The Bertz CT molecular complexity index is 738. The lowest BCUT2D eigenvalue weighted by molar-refractivity contribution is -0.236. The van der Waals surface area contributed by atoms with Crippen molar-refractivity contribution in [2.24, 2.45) is 5.92 Å². The van der Waals surface area contributed by atoms with Crippen LogP contribution in [0.25, 0.3) is 0 Å². The van der Waals surface area contributed by atoms with E-state index in [1.807, 2.05) is 6.92 Å². The number of epoxide rings is 1. The van der Waals surface area contributed by atoms with Crippen molar-refractivity contribution in [3.63, 3.8) is 0 Å². The third-order valence-electron chi connectivity index (χ3n) is 7.17. The number of carboxylic acids is 1. The molecule has 10 nitrogen and oxygen atoms in total. The van der Waals surface area contributed by atoms with Crippen molar-refractivity contribution < 1.29 is 49.3 Å². The van der Waals surface area contributed by atoms with Crippen LogP contribution in [0.5, 0.6) is 0 Å². The minimum Gasteiger partial charge on any atom is -0.481 e. The summed E-state index contributed by atoms with van der Waals surface area (Å²) in [6, 6.07) is 0. The Balaban J connectivity index is 1.67. The highest BCUT2D eigenvalue weighted by Crippen LogP contribution is 2.40. The lowest BCUT2D eigenvalue weighted by Gasteiger charge is -2.43. The van der Waals surface area contributed by atoms with E-state index in [4.69, 9.17) is 19.3 Å². The number of hydrogen-bond donors (Lipinski definition) is 5. The van der Waals surface area contributed by atoms with Gasteiger partial charge in [0.15, 0.2) is 0 Å². The molecule has 0 amide bonds. The van der Waals surface area contributed by atoms with Gasteiger partial charge >= 0.3 is 11.9 Å². The zero-order valence-electron chi connectivity index (χ0n) is 21.7. The van der Waals surface area contributed by atoms with Crippen LogP contribution >= 0.6 is 0 Å². The van der Waals surface area contributed by atoms with Crippen LogP contribution in [0.1, 0.15) is 78.6 Å². The first kappa shape index (κ1) is 30.7. The van der Waals surface area contributed by atoms with Crippen LogP contribution in [-0.4, -0.2) is 92.9 Å². The van der Waals surface area contributed by atoms with Gasteiger partial charge in [0, 0.05) is 24.8 Å². The predicted molar refractivity (Wildman–Crippen MR) is 130 cm³/mol. The van der Waals surface area contributed by atoms with Crippen LogP contribution in [0.4, 0.5) is 0 Å². The van der Waals surface area contributed by atoms with Gasteiger partial charge in [0.25, 0.3) is 0 Å². The van der Waals surface area contributed by atoms with Crippen LogP contribution in [-0.2, 0) is 23.8 Å². The van der Waals surface area contributed by atoms with Crippen molar-refractivity contribution in [2.45, 2.75) is 121 Å². The van der Waals surface area contributed by atoms with E-state index in [-0.39, 0.29) is 44.0 Å². The number of aliphatic hydroxyl groups excluding tert-OH is 3. The van der Waals surface area contributed by atoms with Crippen LogP contribution in [0.15, 0.2) is 11.6 Å². The van der Waals surface area contributed by atoms with Crippen molar-refractivity contribution >= 4 is 11.9 Å². The highest BCUT2D eigenvalue weighted by atomic mass is 16.6. The molecule has 2 aliphatic heterocycles. The first-order valence-electron chi connectivity index (χ1n) is 13.0. The molecule has 1 unspecified atom stereocenters. The average molecular weight is 517 g/mol. The summed E-state index contributed by atoms with van der Waals surface area (Å²) in [6.45, 7) is 5.35. The number of carboxylic acid groups (broad SMARTS) is 1. The molecule has 2 rings (SSSR count). The predicted octanol–water partition coefficient (Wildman–Crippen LogP) is 1.71. The Hall–Kier alpha value is -1.56. The van der Waals surface area contributed by atoms with E-state index in [9.17, 15) is 30.0 Å². The molecular weight excluding hydrogens is 472 g/mol. The molecule has 2 aliphatic rings. The van der Waals surface area contributed by atoms with Gasteiger partial charge in [0.1, 0.15) is 17.8 Å². The van der Waals surface area contributed by atoms with Gasteiger partial charge in [-0.25, -0.2) is 4.79 Å². The highest BCUT2D eigenvalue weighted by molar-refractivity contribution is 5.82. The summed E-state index contributed by atoms with van der Waals surface area (Å²) in [7, 11) is 0. The zero-order chi connectivity index (χ0) is 26.9. The number of ether oxygens (including phenoxy) is 3. The van der Waals surface area contributed by atoms with Crippen molar-refractivity contribution in [3.8, 4) is 0 Å². The topological polar surface area (TPSA) is 166 Å². The number of esters is 1. The van der Waals surface area contributed by atoms with Gasteiger partial charge in [-0.15, -0.1) is 0 Å². The minimum absolute atomic E-state index is 0.0865. The summed E-state index contributed by atoms with van der Waals surface area (Å²) in [5, 5.41) is 50.4. The first-order chi connectivity index (χ1) is 16.9. The summed E-state index contributed by atoms with van der Waals surface area (Å²) >= 11 is 0. The SMILES string of the molecule is C/C(=C\C(=O)OCCCCCCCCC(=O)O)CC1OC[C@](O)(C[C@@H]2O[C@H]2[C@@H](C)[C@H](C)O)[C@@H](O)[C@H]1O. The standard InChI is InChI=1S/C26H44O10/c1-16(13-22(30)34-11-9-7-5-4-6-8-10-21(28)29)12-19-23(31)25(32)26(33,15-35-19)14-20-24(36-20)17(2)18(3)27/h13,17-20,23-25,27,31-33H,4-12,14-15H2,1-3H3,(H,28,29)/b16-13+/t17-,18-,19?,20-,23-,24-,25-,26+/m0/s1. The molecule has 0 bridgehead atoms. The van der Waals surface area contributed by atoms with Crippen LogP contribution in [0.2, 0.25) is 0 Å². The Kier molecular flexibility index (Phi) is 12.3. The number of unbranched alkanes of at least 4 members (excludes halogenated alkanes) is 5. The van der Waals surface area contributed by atoms with E-state index in [2.05, 4.69) is 0 Å². The van der Waals surface area contributed by atoms with Crippen molar-refractivity contribution in [3.05, 3.63) is 11.6 Å². The largest absolute Gasteiger partial charge is 0.481 e. The van der Waals surface area contributed by atoms with Gasteiger partial charge in [-0.05, 0) is 33.1 Å². The molecule has 0 aliphatic carbocycles. The van der Waals surface area contributed by atoms with E-state index in [1.165, 1.54) is 6.08 Å². The van der Waals surface area contributed by atoms with E-state index >= 15 is 0 Å². The molecule has 0 saturated carbocycles. The molecule has 0 aromatic rings. The number of rotatable bonds is 16. The second-order valence-corrected chi connectivity index (χ2v) is 10.5. The van der Waals surface area contributed by atoms with Crippen LogP contribution in [0, 0.1) is 5.92 Å². The molecule has 208 valence electrons. The maximum atomic E-state index is 12.1. The van der Waals surface area contributed by atoms with E-state index < -0.39 is 42.0 Å². The molecule has 2 saturated heterocycles. The Labute approximate surface area is 213 Å². The normalized spacial score (nSPS) is 32.1. The van der Waals surface area contributed by atoms with Gasteiger partial charge in [-0.1, -0.05) is 38.2 Å². The molecule has 5 N–H and O–H groups in total. The molecule has 10 heteroatoms. The summed E-state index contributed by atoms with van der Waals surface area (Å²) in [4.78, 5) is 22.5. The highest BCUT2D eigenvalue weighted by Gasteiger charge is 2.54. The molecule has 0 radical (unpaired) electrons. The molecule has 0 spiro atoms. The summed E-state index contributed by atoms with van der Waals surface area (Å²) < 4.78 is 16.5. The monoisotopic (exact) mass is 516 g/mol. The maximum Gasteiger partial charge on any atom is 0.330 e. The number of aliphatic hydroxyl groups is 4. The second-order valence-electron chi connectivity index (χ2n) is 10.5. The molecule has 0 aromatic carbocycles. The fourth-order valence-corrected chi connectivity index (χ4v) is 4.60. The molecule has 36 heavy (non-hydrogen) atoms. The fraction of sp³-hybridized carbons (Fsp3) is 0.846. The molecule has 2 heterocycles. The Morgan fingerprint density at radius 3 is 2.36 bits per heavy atom. The van der Waals surface area contributed by atoms with Crippen molar-refractivity contribution in [1.29, 1.82) is 0 Å². The van der Waals surface area contributed by atoms with Crippen LogP contribution in [0.3, 0.4) is 0 Å². The molecular formula is C26H44O10. The number of hydrogen-bond acceptors (Lipinski definition) is 9. The number of aliphatic carboxylic acids is 1. The Morgan fingerprint density at radius 2 is 1.72 bits per heavy atom. The zero-order valence-corrected chi connectivity index (χ0v) is 21.7. The quantitative estimate of drug-likeness (QED) is 0.0882. The first-order valence-corrected chi connectivity index (χ1v) is 13.0. The third kappa shape index (κ3) is 9.72. The average Bonchev–Trinajstić information content (AvgIpc) is 3.56. The van der Waals surface area contributed by atoms with Crippen LogP contribution < -0.4 is 0 Å². The summed E-state index contributed by atoms with van der Waals surface area (Å²) in [5.41, 5.74) is -1.04. The third-order valence-corrected chi connectivity index (χ3v) is 7.17. The van der Waals surface area contributed by atoms with Gasteiger partial charge in [0.05, 0.1) is 37.6 Å². The van der Waals surface area contributed by atoms with Crippen molar-refractivity contribution in [1.82, 2.24) is 0 Å². The molecule has 2 fully saturated rings. The van der Waals surface area contributed by atoms with Gasteiger partial charge < -0.3 is 39.7 Å². The van der Waals surface area contributed by atoms with E-state index in [0.29, 0.717) is 18.6 Å². The second kappa shape index (κ2) is 14.4. The minimum atomic E-state index is -1.67. The van der Waals surface area contributed by atoms with E-state index in [1.54, 1.807) is 13.8 Å². The van der Waals surface area contributed by atoms with E-state index in [0.717, 1.165) is 32.1 Å². The fourth-order valence-electron chi connectivity index (χ4n) is 4.60. The number of carbonyl (C=O) groups is 2. The Morgan fingerprint density at radius 1 is 1.08 bits per heavy atom. The lowest BCUT2D eigenvalue weighted by Crippen LogP contribution is -2.61. The summed E-state index contributed by atoms with van der Waals surface area (Å²) in [5.74, 6) is -1.37.